The molecule has 2 aromatic rings. The Hall–Kier alpha value is -2.21. The second kappa shape index (κ2) is 8.06. The van der Waals surface area contributed by atoms with Crippen LogP contribution in [-0.4, -0.2) is 39.3 Å². The summed E-state index contributed by atoms with van der Waals surface area (Å²) in [6, 6.07) is 5.45. The first kappa shape index (κ1) is 18.1. The molecule has 6 heteroatoms. The van der Waals surface area contributed by atoms with E-state index in [1.165, 1.54) is 18.4 Å². The van der Waals surface area contributed by atoms with E-state index in [1.807, 2.05) is 16.8 Å². The lowest BCUT2D eigenvalue weighted by Gasteiger charge is -2.20. The van der Waals surface area contributed by atoms with Crippen LogP contribution in [0.4, 0.5) is 0 Å². The summed E-state index contributed by atoms with van der Waals surface area (Å²) in [5, 5.41) is 4.58. The van der Waals surface area contributed by atoms with Crippen molar-refractivity contribution in [3.8, 4) is 0 Å². The zero-order valence-electron chi connectivity index (χ0n) is 15.2. The Morgan fingerprint density at radius 2 is 2.00 bits per heavy atom. The first-order valence-electron chi connectivity index (χ1n) is 8.29. The van der Waals surface area contributed by atoms with Crippen LogP contribution in [-0.2, 0) is 24.4 Å². The van der Waals surface area contributed by atoms with Crippen LogP contribution < -0.4 is 0 Å². The summed E-state index contributed by atoms with van der Waals surface area (Å²) >= 11 is 0. The third-order valence-electron chi connectivity index (χ3n) is 4.25. The van der Waals surface area contributed by atoms with Crippen molar-refractivity contribution in [2.75, 3.05) is 13.7 Å². The van der Waals surface area contributed by atoms with Gasteiger partial charge in [0.2, 0.25) is 0 Å². The first-order chi connectivity index (χ1) is 11.5. The van der Waals surface area contributed by atoms with Crippen LogP contribution in [0.3, 0.4) is 0 Å². The minimum Gasteiger partial charge on any atom is -0.464 e. The van der Waals surface area contributed by atoms with Gasteiger partial charge in [-0.3, -0.25) is 9.58 Å². The SMILES string of the molecule is CCN(Cc1cccc(C(=O)OC)n1)Cc1c(C)nn(CC)c1C. The molecule has 2 aromatic heterocycles. The van der Waals surface area contributed by atoms with E-state index in [9.17, 15) is 4.79 Å². The van der Waals surface area contributed by atoms with Gasteiger partial charge in [-0.25, -0.2) is 9.78 Å². The molecule has 2 heterocycles. The Labute approximate surface area is 143 Å². The molecule has 0 atom stereocenters. The molecule has 0 saturated heterocycles. The van der Waals surface area contributed by atoms with Crippen molar-refractivity contribution in [1.82, 2.24) is 19.7 Å². The molecule has 24 heavy (non-hydrogen) atoms. The number of ether oxygens (including phenoxy) is 1. The fourth-order valence-electron chi connectivity index (χ4n) is 2.79. The number of nitrogens with zero attached hydrogens (tertiary/aromatic N) is 4. The molecule has 0 aliphatic carbocycles. The largest absolute Gasteiger partial charge is 0.464 e. The van der Waals surface area contributed by atoms with Gasteiger partial charge in [-0.15, -0.1) is 0 Å². The molecule has 0 N–H and O–H groups in total. The summed E-state index contributed by atoms with van der Waals surface area (Å²) in [4.78, 5) is 18.3. The molecule has 0 saturated carbocycles. The lowest BCUT2D eigenvalue weighted by molar-refractivity contribution is 0.0593. The molecule has 0 fully saturated rings. The molecule has 0 amide bonds. The molecule has 0 bridgehead atoms. The molecular formula is C18H26N4O2. The number of methoxy groups -OCH3 is 1. The minimum absolute atomic E-state index is 0.345. The van der Waals surface area contributed by atoms with Crippen LogP contribution >= 0.6 is 0 Å². The maximum Gasteiger partial charge on any atom is 0.356 e. The summed E-state index contributed by atoms with van der Waals surface area (Å²) in [5.41, 5.74) is 4.76. The van der Waals surface area contributed by atoms with Gasteiger partial charge in [-0.1, -0.05) is 13.0 Å². The molecule has 130 valence electrons. The van der Waals surface area contributed by atoms with Gasteiger partial charge in [-0.2, -0.15) is 5.10 Å². The number of aromatic nitrogens is 3. The topological polar surface area (TPSA) is 60.3 Å². The predicted molar refractivity (Wildman–Crippen MR) is 92.7 cm³/mol. The highest BCUT2D eigenvalue weighted by atomic mass is 16.5. The van der Waals surface area contributed by atoms with Crippen molar-refractivity contribution in [3.05, 3.63) is 46.5 Å². The number of hydrogen-bond donors (Lipinski definition) is 0. The second-order valence-electron chi connectivity index (χ2n) is 5.77. The van der Waals surface area contributed by atoms with E-state index in [1.54, 1.807) is 6.07 Å². The van der Waals surface area contributed by atoms with Crippen molar-refractivity contribution >= 4 is 5.97 Å². The number of pyridine rings is 1. The Kier molecular flexibility index (Phi) is 6.09. The number of carbonyl (C=O) groups is 1. The van der Waals surface area contributed by atoms with E-state index in [4.69, 9.17) is 4.74 Å². The molecule has 0 unspecified atom stereocenters. The van der Waals surface area contributed by atoms with Gasteiger partial charge in [0.15, 0.2) is 0 Å². The number of hydrogen-bond acceptors (Lipinski definition) is 5. The molecule has 0 spiro atoms. The lowest BCUT2D eigenvalue weighted by atomic mass is 10.1. The number of esters is 1. The second-order valence-corrected chi connectivity index (χ2v) is 5.77. The highest BCUT2D eigenvalue weighted by Crippen LogP contribution is 2.17. The fourth-order valence-corrected chi connectivity index (χ4v) is 2.79. The van der Waals surface area contributed by atoms with E-state index in [0.29, 0.717) is 12.2 Å². The molecular weight excluding hydrogens is 304 g/mol. The van der Waals surface area contributed by atoms with Crippen LogP contribution in [0.25, 0.3) is 0 Å². The third-order valence-corrected chi connectivity index (χ3v) is 4.25. The van der Waals surface area contributed by atoms with Crippen molar-refractivity contribution < 1.29 is 9.53 Å². The van der Waals surface area contributed by atoms with Crippen LogP contribution in [0.1, 0.15) is 47.0 Å². The molecule has 0 aromatic carbocycles. The van der Waals surface area contributed by atoms with Crippen molar-refractivity contribution in [2.24, 2.45) is 0 Å². The standard InChI is InChI=1S/C18H26N4O2/c1-6-21(12-16-13(3)20-22(7-2)14(16)4)11-15-9-8-10-17(19-15)18(23)24-5/h8-10H,6-7,11-12H2,1-5H3. The van der Waals surface area contributed by atoms with Gasteiger partial charge >= 0.3 is 5.97 Å². The first-order valence-corrected chi connectivity index (χ1v) is 8.29. The summed E-state index contributed by atoms with van der Waals surface area (Å²) in [6.07, 6.45) is 0. The Balaban J connectivity index is 2.16. The summed E-state index contributed by atoms with van der Waals surface area (Å²) in [5.74, 6) is -0.407. The minimum atomic E-state index is -0.407. The Bertz CT molecular complexity index is 709. The monoisotopic (exact) mass is 330 g/mol. The van der Waals surface area contributed by atoms with Gasteiger partial charge in [-0.05, 0) is 39.4 Å². The zero-order chi connectivity index (χ0) is 17.7. The van der Waals surface area contributed by atoms with Crippen molar-refractivity contribution in [1.29, 1.82) is 0 Å². The van der Waals surface area contributed by atoms with Gasteiger partial charge in [0, 0.05) is 30.9 Å². The highest BCUT2D eigenvalue weighted by molar-refractivity contribution is 5.87. The lowest BCUT2D eigenvalue weighted by Crippen LogP contribution is -2.24. The molecule has 0 aliphatic rings. The van der Waals surface area contributed by atoms with Gasteiger partial charge < -0.3 is 4.74 Å². The zero-order valence-corrected chi connectivity index (χ0v) is 15.2. The highest BCUT2D eigenvalue weighted by Gasteiger charge is 2.15. The van der Waals surface area contributed by atoms with Crippen LogP contribution in [0.2, 0.25) is 0 Å². The van der Waals surface area contributed by atoms with Crippen molar-refractivity contribution in [3.63, 3.8) is 0 Å². The maximum absolute atomic E-state index is 11.6. The van der Waals surface area contributed by atoms with Crippen molar-refractivity contribution in [2.45, 2.75) is 47.3 Å². The van der Waals surface area contributed by atoms with Crippen LogP contribution in [0, 0.1) is 13.8 Å². The summed E-state index contributed by atoms with van der Waals surface area (Å²) in [7, 11) is 1.37. The van der Waals surface area contributed by atoms with Gasteiger partial charge in [0.25, 0.3) is 0 Å². The van der Waals surface area contributed by atoms with E-state index in [-0.39, 0.29) is 0 Å². The van der Waals surface area contributed by atoms with E-state index in [0.717, 1.165) is 31.0 Å². The molecule has 6 nitrogen and oxygen atoms in total. The number of carbonyl (C=O) groups excluding carboxylic acids is 1. The van der Waals surface area contributed by atoms with Crippen LogP contribution in [0.5, 0.6) is 0 Å². The number of rotatable bonds is 7. The normalized spacial score (nSPS) is 11.1. The number of aryl methyl sites for hydroxylation is 2. The third kappa shape index (κ3) is 4.00. The average Bonchev–Trinajstić information content (AvgIpc) is 2.87. The smallest absolute Gasteiger partial charge is 0.356 e. The Morgan fingerprint density at radius 1 is 1.25 bits per heavy atom. The molecule has 2 rings (SSSR count). The maximum atomic E-state index is 11.6. The average molecular weight is 330 g/mol. The summed E-state index contributed by atoms with van der Waals surface area (Å²) in [6.45, 7) is 11.7. The predicted octanol–water partition coefficient (Wildman–Crippen LogP) is 2.72. The van der Waals surface area contributed by atoms with Gasteiger partial charge in [0.1, 0.15) is 5.69 Å². The molecule has 0 radical (unpaired) electrons. The van der Waals surface area contributed by atoms with E-state index >= 15 is 0 Å². The summed E-state index contributed by atoms with van der Waals surface area (Å²) < 4.78 is 6.78. The Morgan fingerprint density at radius 3 is 2.58 bits per heavy atom. The fraction of sp³-hybridized carbons (Fsp3) is 0.500. The van der Waals surface area contributed by atoms with E-state index in [2.05, 4.69) is 42.7 Å². The van der Waals surface area contributed by atoms with Gasteiger partial charge in [0.05, 0.1) is 18.5 Å². The van der Waals surface area contributed by atoms with E-state index < -0.39 is 5.97 Å². The molecule has 0 aliphatic heterocycles. The van der Waals surface area contributed by atoms with Crippen LogP contribution in [0.15, 0.2) is 18.2 Å². The quantitative estimate of drug-likeness (QED) is 0.731.